The van der Waals surface area contributed by atoms with Gasteiger partial charge < -0.3 is 10.5 Å². The maximum absolute atomic E-state index is 11.8. The van der Waals surface area contributed by atoms with E-state index >= 15 is 0 Å². The van der Waals surface area contributed by atoms with Crippen molar-refractivity contribution in [3.63, 3.8) is 0 Å². The van der Waals surface area contributed by atoms with E-state index in [1.807, 2.05) is 6.92 Å². The minimum atomic E-state index is -2.81. The van der Waals surface area contributed by atoms with Crippen molar-refractivity contribution >= 4 is 0 Å². The molecule has 3 nitrogen and oxygen atoms in total. The number of rotatable bonds is 5. The van der Waals surface area contributed by atoms with Crippen molar-refractivity contribution in [1.29, 1.82) is 0 Å². The third-order valence-corrected chi connectivity index (χ3v) is 2.02. The van der Waals surface area contributed by atoms with Crippen LogP contribution < -0.4 is 10.5 Å². The van der Waals surface area contributed by atoms with E-state index in [1.165, 1.54) is 12.3 Å². The van der Waals surface area contributed by atoms with Crippen LogP contribution in [0.3, 0.4) is 0 Å². The summed E-state index contributed by atoms with van der Waals surface area (Å²) in [7, 11) is 0. The minimum Gasteiger partial charge on any atom is -0.433 e. The molecule has 0 saturated carbocycles. The van der Waals surface area contributed by atoms with Crippen LogP contribution in [0.15, 0.2) is 18.3 Å². The molecule has 0 amide bonds. The van der Waals surface area contributed by atoms with Crippen LogP contribution in [0.1, 0.15) is 19.0 Å². The van der Waals surface area contributed by atoms with Gasteiger partial charge in [0.2, 0.25) is 0 Å². The molecule has 0 aromatic carbocycles. The fourth-order valence-corrected chi connectivity index (χ4v) is 1.12. The van der Waals surface area contributed by atoms with E-state index in [1.54, 1.807) is 6.07 Å². The van der Waals surface area contributed by atoms with Gasteiger partial charge in [-0.3, -0.25) is 4.98 Å². The molecule has 0 bridgehead atoms. The summed E-state index contributed by atoms with van der Waals surface area (Å²) in [5.74, 6) is 0.0684. The number of ether oxygens (including phenoxy) is 1. The molecule has 84 valence electrons. The average Bonchev–Trinajstić information content (AvgIpc) is 2.20. The van der Waals surface area contributed by atoms with Gasteiger partial charge in [-0.05, 0) is 18.6 Å². The number of alkyl halides is 2. The molecule has 1 aromatic heterocycles. The Morgan fingerprint density at radius 2 is 2.20 bits per heavy atom. The third-order valence-electron chi connectivity index (χ3n) is 2.02. The van der Waals surface area contributed by atoms with Crippen LogP contribution in [0.5, 0.6) is 5.75 Å². The number of aromatic nitrogens is 1. The first-order valence-corrected chi connectivity index (χ1v) is 4.77. The van der Waals surface area contributed by atoms with Crippen molar-refractivity contribution in [2.45, 2.75) is 32.4 Å². The largest absolute Gasteiger partial charge is 0.433 e. The number of hydrogen-bond acceptors (Lipinski definition) is 3. The lowest BCUT2D eigenvalue weighted by Crippen LogP contribution is -2.21. The van der Waals surface area contributed by atoms with Crippen molar-refractivity contribution < 1.29 is 13.5 Å². The van der Waals surface area contributed by atoms with Crippen molar-refractivity contribution in [2.24, 2.45) is 5.73 Å². The molecule has 1 atom stereocenters. The second-order valence-electron chi connectivity index (χ2n) is 3.24. The first-order valence-electron chi connectivity index (χ1n) is 4.77. The highest BCUT2D eigenvalue weighted by molar-refractivity contribution is 5.20. The van der Waals surface area contributed by atoms with E-state index in [4.69, 9.17) is 5.73 Å². The summed E-state index contributed by atoms with van der Waals surface area (Å²) in [6, 6.07) is 3.17. The first kappa shape index (κ1) is 11.8. The van der Waals surface area contributed by atoms with E-state index in [9.17, 15) is 8.78 Å². The maximum Gasteiger partial charge on any atom is 0.387 e. The van der Waals surface area contributed by atoms with Crippen LogP contribution in [-0.4, -0.2) is 17.6 Å². The van der Waals surface area contributed by atoms with Crippen LogP contribution in [0.2, 0.25) is 0 Å². The van der Waals surface area contributed by atoms with E-state index in [2.05, 4.69) is 9.72 Å². The highest BCUT2D eigenvalue weighted by Crippen LogP contribution is 2.13. The standard InChI is InChI=1S/C10H14F2N2O/c1-2-7(13)5-8-3-4-9(6-14-8)15-10(11)12/h3-4,6-7,10H,2,5,13H2,1H3. The topological polar surface area (TPSA) is 48.1 Å². The molecule has 1 aromatic rings. The summed E-state index contributed by atoms with van der Waals surface area (Å²) < 4.78 is 27.8. The van der Waals surface area contributed by atoms with Crippen LogP contribution >= 0.6 is 0 Å². The normalized spacial score (nSPS) is 12.9. The smallest absolute Gasteiger partial charge is 0.387 e. The molecule has 2 N–H and O–H groups in total. The average molecular weight is 216 g/mol. The van der Waals surface area contributed by atoms with Crippen LogP contribution in [-0.2, 0) is 6.42 Å². The summed E-state index contributed by atoms with van der Waals surface area (Å²) in [4.78, 5) is 3.98. The molecule has 1 heterocycles. The van der Waals surface area contributed by atoms with Crippen molar-refractivity contribution in [3.8, 4) is 5.75 Å². The second kappa shape index (κ2) is 5.60. The lowest BCUT2D eigenvalue weighted by atomic mass is 10.1. The van der Waals surface area contributed by atoms with Gasteiger partial charge in [-0.1, -0.05) is 6.92 Å². The summed E-state index contributed by atoms with van der Waals surface area (Å²) >= 11 is 0. The molecule has 1 rings (SSSR count). The van der Waals surface area contributed by atoms with Crippen molar-refractivity contribution in [2.75, 3.05) is 0 Å². The Labute approximate surface area is 87.3 Å². The number of nitrogens with two attached hydrogens (primary N) is 1. The predicted molar refractivity (Wildman–Crippen MR) is 52.8 cm³/mol. The molecule has 5 heteroatoms. The first-order chi connectivity index (χ1) is 7.11. The Morgan fingerprint density at radius 1 is 1.47 bits per heavy atom. The SMILES string of the molecule is CCC(N)Cc1ccc(OC(F)F)cn1. The van der Waals surface area contributed by atoms with Crippen LogP contribution in [0.4, 0.5) is 8.78 Å². The Bertz CT molecular complexity index is 290. The van der Waals surface area contributed by atoms with Gasteiger partial charge in [0.1, 0.15) is 5.75 Å². The Balaban J connectivity index is 2.56. The molecule has 0 saturated heterocycles. The molecule has 15 heavy (non-hydrogen) atoms. The zero-order chi connectivity index (χ0) is 11.3. The molecule has 1 unspecified atom stereocenters. The fraction of sp³-hybridized carbons (Fsp3) is 0.500. The predicted octanol–water partition coefficient (Wildman–Crippen LogP) is 1.96. The molecular formula is C10H14F2N2O. The quantitative estimate of drug-likeness (QED) is 0.818. The van der Waals surface area contributed by atoms with Gasteiger partial charge in [0.15, 0.2) is 0 Å². The molecule has 0 aliphatic rings. The Kier molecular flexibility index (Phi) is 4.42. The van der Waals surface area contributed by atoms with Gasteiger partial charge in [-0.25, -0.2) is 0 Å². The highest BCUT2D eigenvalue weighted by Gasteiger charge is 2.06. The molecule has 0 spiro atoms. The van der Waals surface area contributed by atoms with Crippen LogP contribution in [0.25, 0.3) is 0 Å². The van der Waals surface area contributed by atoms with Gasteiger partial charge in [0.05, 0.1) is 6.20 Å². The van der Waals surface area contributed by atoms with E-state index < -0.39 is 6.61 Å². The van der Waals surface area contributed by atoms with Gasteiger partial charge in [0, 0.05) is 18.2 Å². The van der Waals surface area contributed by atoms with E-state index in [0.717, 1.165) is 12.1 Å². The maximum atomic E-state index is 11.8. The number of nitrogens with zero attached hydrogens (tertiary/aromatic N) is 1. The number of halogens is 2. The lowest BCUT2D eigenvalue weighted by molar-refractivity contribution is -0.0500. The molecule has 0 fully saturated rings. The summed E-state index contributed by atoms with van der Waals surface area (Å²) in [5, 5.41) is 0. The van der Waals surface area contributed by atoms with Gasteiger partial charge in [-0.2, -0.15) is 8.78 Å². The Morgan fingerprint density at radius 3 is 2.67 bits per heavy atom. The molecule has 0 aliphatic carbocycles. The molecule has 0 radical (unpaired) electrons. The zero-order valence-electron chi connectivity index (χ0n) is 8.49. The number of pyridine rings is 1. The van der Waals surface area contributed by atoms with Gasteiger partial charge in [-0.15, -0.1) is 0 Å². The minimum absolute atomic E-state index is 0.0550. The Hall–Kier alpha value is -1.23. The fourth-order valence-electron chi connectivity index (χ4n) is 1.12. The lowest BCUT2D eigenvalue weighted by Gasteiger charge is -2.08. The monoisotopic (exact) mass is 216 g/mol. The van der Waals surface area contributed by atoms with Crippen LogP contribution in [0, 0.1) is 0 Å². The van der Waals surface area contributed by atoms with E-state index in [0.29, 0.717) is 6.42 Å². The molecule has 0 aliphatic heterocycles. The van der Waals surface area contributed by atoms with E-state index in [-0.39, 0.29) is 11.8 Å². The summed E-state index contributed by atoms with van der Waals surface area (Å²) in [6.07, 6.45) is 2.78. The summed E-state index contributed by atoms with van der Waals surface area (Å²) in [5.41, 5.74) is 6.52. The summed E-state index contributed by atoms with van der Waals surface area (Å²) in [6.45, 7) is -0.825. The number of hydrogen-bond donors (Lipinski definition) is 1. The second-order valence-corrected chi connectivity index (χ2v) is 3.24. The third kappa shape index (κ3) is 4.20. The molecular weight excluding hydrogens is 202 g/mol. The van der Waals surface area contributed by atoms with Crippen molar-refractivity contribution in [3.05, 3.63) is 24.0 Å². The highest BCUT2D eigenvalue weighted by atomic mass is 19.3. The van der Waals surface area contributed by atoms with Crippen molar-refractivity contribution in [1.82, 2.24) is 4.98 Å². The zero-order valence-corrected chi connectivity index (χ0v) is 8.49. The van der Waals surface area contributed by atoms with Gasteiger partial charge in [0.25, 0.3) is 0 Å². The van der Waals surface area contributed by atoms with Gasteiger partial charge >= 0.3 is 6.61 Å².